The van der Waals surface area contributed by atoms with Crippen LogP contribution in [0.2, 0.25) is 5.15 Å². The van der Waals surface area contributed by atoms with E-state index in [1.165, 1.54) is 13.3 Å². The van der Waals surface area contributed by atoms with Gasteiger partial charge in [-0.15, -0.1) is 0 Å². The second-order valence-electron chi connectivity index (χ2n) is 2.54. The van der Waals surface area contributed by atoms with E-state index < -0.39 is 17.5 Å². The summed E-state index contributed by atoms with van der Waals surface area (Å²) >= 11 is 5.46. The largest absolute Gasteiger partial charge is 0.368 e. The number of hydrogen-bond donors (Lipinski definition) is 1. The van der Waals surface area contributed by atoms with E-state index >= 15 is 0 Å². The maximum atomic E-state index is 11.2. The zero-order valence-electron chi connectivity index (χ0n) is 6.90. The summed E-state index contributed by atoms with van der Waals surface area (Å²) in [4.78, 5) is 25.6. The highest BCUT2D eigenvalue weighted by Crippen LogP contribution is 2.02. The van der Waals surface area contributed by atoms with Crippen LogP contribution in [0.25, 0.3) is 0 Å². The maximum absolute atomic E-state index is 11.2. The highest BCUT2D eigenvalue weighted by Gasteiger charge is 2.12. The maximum Gasteiger partial charge on any atom is 0.255 e. The fourth-order valence-electron chi connectivity index (χ4n) is 0.816. The first-order valence-corrected chi connectivity index (χ1v) is 3.93. The zero-order chi connectivity index (χ0) is 10.0. The average Bonchev–Trinajstić information content (AvgIpc) is 2.03. The third-order valence-corrected chi connectivity index (χ3v) is 1.84. The van der Waals surface area contributed by atoms with Gasteiger partial charge in [0.25, 0.3) is 5.56 Å². The SMILES string of the molecule is CC(C(N)=O)n1cnc(Cl)cc1=O. The number of aromatic nitrogens is 2. The number of amides is 1. The molecule has 1 rings (SSSR count). The van der Waals surface area contributed by atoms with Gasteiger partial charge in [-0.3, -0.25) is 14.2 Å². The highest BCUT2D eigenvalue weighted by molar-refractivity contribution is 6.29. The van der Waals surface area contributed by atoms with E-state index in [0.717, 1.165) is 10.6 Å². The molecule has 1 unspecified atom stereocenters. The molecule has 13 heavy (non-hydrogen) atoms. The lowest BCUT2D eigenvalue weighted by atomic mass is 10.3. The minimum Gasteiger partial charge on any atom is -0.368 e. The van der Waals surface area contributed by atoms with Crippen molar-refractivity contribution in [3.8, 4) is 0 Å². The summed E-state index contributed by atoms with van der Waals surface area (Å²) in [6, 6.07) is 0.415. The summed E-state index contributed by atoms with van der Waals surface area (Å²) in [5.41, 5.74) is 4.62. The van der Waals surface area contributed by atoms with Crippen molar-refractivity contribution < 1.29 is 4.79 Å². The molecule has 0 radical (unpaired) electrons. The summed E-state index contributed by atoms with van der Waals surface area (Å²) in [5.74, 6) is -0.591. The molecule has 1 heterocycles. The van der Waals surface area contributed by atoms with Crippen LogP contribution in [0.5, 0.6) is 0 Å². The Hall–Kier alpha value is -1.36. The monoisotopic (exact) mass is 201 g/mol. The van der Waals surface area contributed by atoms with Crippen molar-refractivity contribution in [2.45, 2.75) is 13.0 Å². The van der Waals surface area contributed by atoms with Crippen LogP contribution in [0.1, 0.15) is 13.0 Å². The van der Waals surface area contributed by atoms with E-state index in [1.54, 1.807) is 0 Å². The molecule has 0 aliphatic carbocycles. The fraction of sp³-hybridized carbons (Fsp3) is 0.286. The molecule has 0 bridgehead atoms. The molecule has 2 N–H and O–H groups in total. The van der Waals surface area contributed by atoms with Gasteiger partial charge in [0.2, 0.25) is 5.91 Å². The number of halogens is 1. The smallest absolute Gasteiger partial charge is 0.255 e. The van der Waals surface area contributed by atoms with Crippen molar-refractivity contribution in [2.75, 3.05) is 0 Å². The van der Waals surface area contributed by atoms with Crippen molar-refractivity contribution in [2.24, 2.45) is 5.73 Å². The summed E-state index contributed by atoms with van der Waals surface area (Å²) in [7, 11) is 0. The normalized spacial score (nSPS) is 12.5. The molecular weight excluding hydrogens is 194 g/mol. The lowest BCUT2D eigenvalue weighted by Gasteiger charge is -2.09. The topological polar surface area (TPSA) is 78.0 Å². The molecule has 1 aromatic rings. The van der Waals surface area contributed by atoms with Gasteiger partial charge in [-0.05, 0) is 6.92 Å². The van der Waals surface area contributed by atoms with Gasteiger partial charge >= 0.3 is 0 Å². The molecule has 70 valence electrons. The Morgan fingerprint density at radius 2 is 2.38 bits per heavy atom. The van der Waals surface area contributed by atoms with Crippen LogP contribution < -0.4 is 11.3 Å². The minimum atomic E-state index is -0.711. The molecule has 0 aliphatic heterocycles. The third-order valence-electron chi connectivity index (χ3n) is 1.63. The average molecular weight is 202 g/mol. The Morgan fingerprint density at radius 3 is 2.85 bits per heavy atom. The predicted octanol–water partition coefficient (Wildman–Crippen LogP) is -0.0570. The first-order valence-electron chi connectivity index (χ1n) is 3.55. The van der Waals surface area contributed by atoms with Crippen LogP contribution in [0.4, 0.5) is 0 Å². The Balaban J connectivity index is 3.16. The standard InChI is InChI=1S/C7H8ClN3O2/c1-4(7(9)13)11-3-10-5(8)2-6(11)12/h2-4H,1H3,(H2,9,13). The number of hydrogen-bond acceptors (Lipinski definition) is 3. The van der Waals surface area contributed by atoms with Crippen LogP contribution in [0.15, 0.2) is 17.2 Å². The predicted molar refractivity (Wildman–Crippen MR) is 47.4 cm³/mol. The minimum absolute atomic E-state index is 0.0953. The van der Waals surface area contributed by atoms with Crippen molar-refractivity contribution >= 4 is 17.5 Å². The first-order chi connectivity index (χ1) is 6.02. The van der Waals surface area contributed by atoms with Gasteiger partial charge in [-0.1, -0.05) is 11.6 Å². The van der Waals surface area contributed by atoms with E-state index in [4.69, 9.17) is 17.3 Å². The molecule has 1 atom stereocenters. The fourth-order valence-corrected chi connectivity index (χ4v) is 0.953. The number of nitrogens with zero attached hydrogens (tertiary/aromatic N) is 2. The Morgan fingerprint density at radius 1 is 1.77 bits per heavy atom. The molecule has 0 saturated heterocycles. The quantitative estimate of drug-likeness (QED) is 0.681. The van der Waals surface area contributed by atoms with Crippen LogP contribution in [-0.4, -0.2) is 15.5 Å². The second-order valence-corrected chi connectivity index (χ2v) is 2.92. The highest BCUT2D eigenvalue weighted by atomic mass is 35.5. The zero-order valence-corrected chi connectivity index (χ0v) is 7.65. The molecule has 0 fully saturated rings. The number of nitrogens with two attached hydrogens (primary N) is 1. The number of rotatable bonds is 2. The van der Waals surface area contributed by atoms with E-state index in [9.17, 15) is 9.59 Å². The summed E-state index contributed by atoms with van der Waals surface area (Å²) in [5, 5.41) is 0.0953. The summed E-state index contributed by atoms with van der Waals surface area (Å²) in [6.07, 6.45) is 1.19. The van der Waals surface area contributed by atoms with Crippen molar-refractivity contribution in [3.63, 3.8) is 0 Å². The molecule has 0 spiro atoms. The number of carbonyl (C=O) groups is 1. The van der Waals surface area contributed by atoms with E-state index in [-0.39, 0.29) is 5.15 Å². The van der Waals surface area contributed by atoms with Gasteiger partial charge < -0.3 is 5.73 Å². The first kappa shape index (κ1) is 9.73. The molecule has 5 nitrogen and oxygen atoms in total. The van der Waals surface area contributed by atoms with E-state index in [0.29, 0.717) is 0 Å². The Kier molecular flexibility index (Phi) is 2.67. The van der Waals surface area contributed by atoms with Crippen molar-refractivity contribution in [1.82, 2.24) is 9.55 Å². The van der Waals surface area contributed by atoms with Crippen molar-refractivity contribution in [1.29, 1.82) is 0 Å². The van der Waals surface area contributed by atoms with Crippen molar-refractivity contribution in [3.05, 3.63) is 27.9 Å². The van der Waals surface area contributed by atoms with Crippen LogP contribution in [0.3, 0.4) is 0 Å². The lowest BCUT2D eigenvalue weighted by molar-refractivity contribution is -0.120. The molecular formula is C7H8ClN3O2. The van der Waals surface area contributed by atoms with Gasteiger partial charge in [-0.2, -0.15) is 0 Å². The molecule has 0 saturated carbocycles. The van der Waals surface area contributed by atoms with E-state index in [1.807, 2.05) is 0 Å². The van der Waals surface area contributed by atoms with Gasteiger partial charge in [0, 0.05) is 6.07 Å². The number of carbonyl (C=O) groups excluding carboxylic acids is 1. The Bertz CT molecular complexity index is 388. The number of primary amides is 1. The summed E-state index contributed by atoms with van der Waals surface area (Å²) < 4.78 is 1.12. The van der Waals surface area contributed by atoms with Crippen LogP contribution in [0, 0.1) is 0 Å². The van der Waals surface area contributed by atoms with Gasteiger partial charge in [-0.25, -0.2) is 4.98 Å². The van der Waals surface area contributed by atoms with Crippen LogP contribution in [-0.2, 0) is 4.79 Å². The van der Waals surface area contributed by atoms with Gasteiger partial charge in [0.1, 0.15) is 11.2 Å². The molecule has 6 heteroatoms. The molecule has 0 aromatic carbocycles. The lowest BCUT2D eigenvalue weighted by Crippen LogP contribution is -2.31. The molecule has 0 aliphatic rings. The summed E-state index contributed by atoms with van der Waals surface area (Å²) in [6.45, 7) is 1.51. The second kappa shape index (κ2) is 3.57. The molecule has 1 aromatic heterocycles. The molecule has 1 amide bonds. The van der Waals surface area contributed by atoms with Crippen LogP contribution >= 0.6 is 11.6 Å². The van der Waals surface area contributed by atoms with E-state index in [2.05, 4.69) is 4.98 Å². The Labute approximate surface area is 79.1 Å². The van der Waals surface area contributed by atoms with Gasteiger partial charge in [0.05, 0.1) is 6.33 Å². The van der Waals surface area contributed by atoms with Gasteiger partial charge in [0.15, 0.2) is 0 Å². The third kappa shape index (κ3) is 2.06.